The summed E-state index contributed by atoms with van der Waals surface area (Å²) in [6.07, 6.45) is 0. The Morgan fingerprint density at radius 1 is 0.767 bits per heavy atom. The van der Waals surface area contributed by atoms with Crippen LogP contribution in [0.1, 0.15) is 5.56 Å². The van der Waals surface area contributed by atoms with Gasteiger partial charge in [-0.05, 0) is 25.1 Å². The predicted octanol–water partition coefficient (Wildman–Crippen LogP) is 3.81. The van der Waals surface area contributed by atoms with E-state index in [1.165, 1.54) is 7.11 Å². The monoisotopic (exact) mass is 416 g/mol. The normalized spacial score (nSPS) is 10.7. The van der Waals surface area contributed by atoms with Gasteiger partial charge >= 0.3 is 5.97 Å². The third kappa shape index (κ3) is 3.24. The van der Waals surface area contributed by atoms with Gasteiger partial charge in [-0.25, -0.2) is 4.79 Å². The Morgan fingerprint density at radius 2 is 1.30 bits per heavy atom. The number of rotatable bonds is 8. The number of fused-ring (bicyclic) bond motifs is 2. The molecule has 0 aliphatic carbocycles. The average molecular weight is 416 g/mol. The van der Waals surface area contributed by atoms with E-state index in [1.807, 2.05) is 6.92 Å². The van der Waals surface area contributed by atoms with Crippen molar-refractivity contribution < 1.29 is 38.3 Å². The van der Waals surface area contributed by atoms with Crippen LogP contribution in [-0.4, -0.2) is 53.2 Å². The van der Waals surface area contributed by atoms with Gasteiger partial charge in [0.25, 0.3) is 0 Å². The first kappa shape index (κ1) is 21.2. The Kier molecular flexibility index (Phi) is 5.96. The minimum absolute atomic E-state index is 0.314. The lowest BCUT2D eigenvalue weighted by molar-refractivity contribution is -0.139. The summed E-state index contributed by atoms with van der Waals surface area (Å²) in [7, 11) is 7.76. The molecule has 0 amide bonds. The van der Waals surface area contributed by atoms with E-state index in [9.17, 15) is 4.79 Å². The number of ether oxygens (including phenoxy) is 6. The fraction of sp³-hybridized carbons (Fsp3) is 0.318. The second kappa shape index (κ2) is 8.44. The molecule has 30 heavy (non-hydrogen) atoms. The van der Waals surface area contributed by atoms with E-state index in [-0.39, 0.29) is 0 Å². The maximum atomic E-state index is 11.1. The Balaban J connectivity index is 2.58. The highest BCUT2D eigenvalue weighted by Gasteiger charge is 2.26. The van der Waals surface area contributed by atoms with Crippen molar-refractivity contribution in [2.45, 2.75) is 6.92 Å². The van der Waals surface area contributed by atoms with Gasteiger partial charge in [0.2, 0.25) is 0 Å². The van der Waals surface area contributed by atoms with Crippen molar-refractivity contribution >= 4 is 27.5 Å². The zero-order valence-electron chi connectivity index (χ0n) is 17.7. The summed E-state index contributed by atoms with van der Waals surface area (Å²) in [5, 5.41) is 11.8. The largest absolute Gasteiger partial charge is 0.496 e. The molecule has 0 aromatic heterocycles. The van der Waals surface area contributed by atoms with Gasteiger partial charge in [0.15, 0.2) is 18.1 Å². The van der Waals surface area contributed by atoms with Crippen LogP contribution in [-0.2, 0) is 4.79 Å². The molecule has 0 saturated heterocycles. The number of aryl methyl sites for hydroxylation is 1. The van der Waals surface area contributed by atoms with Crippen molar-refractivity contribution in [3.8, 4) is 34.5 Å². The summed E-state index contributed by atoms with van der Waals surface area (Å²) < 4.78 is 33.8. The van der Waals surface area contributed by atoms with Gasteiger partial charge in [-0.2, -0.15) is 0 Å². The van der Waals surface area contributed by atoms with E-state index in [0.29, 0.717) is 61.6 Å². The summed E-state index contributed by atoms with van der Waals surface area (Å²) in [5.74, 6) is 1.83. The highest BCUT2D eigenvalue weighted by Crippen LogP contribution is 2.53. The molecule has 8 heteroatoms. The van der Waals surface area contributed by atoms with Crippen LogP contribution in [0.2, 0.25) is 0 Å². The van der Waals surface area contributed by atoms with Gasteiger partial charge in [0.1, 0.15) is 23.0 Å². The molecule has 0 fully saturated rings. The molecule has 0 spiro atoms. The van der Waals surface area contributed by atoms with Crippen LogP contribution in [0.3, 0.4) is 0 Å². The molecule has 8 nitrogen and oxygen atoms in total. The first-order chi connectivity index (χ1) is 14.4. The summed E-state index contributed by atoms with van der Waals surface area (Å²) in [6.45, 7) is 1.30. The second-order valence-corrected chi connectivity index (χ2v) is 6.42. The van der Waals surface area contributed by atoms with Crippen molar-refractivity contribution in [2.75, 3.05) is 42.2 Å². The maximum absolute atomic E-state index is 11.1. The van der Waals surface area contributed by atoms with Crippen molar-refractivity contribution in [2.24, 2.45) is 0 Å². The third-order valence-corrected chi connectivity index (χ3v) is 4.95. The lowest BCUT2D eigenvalue weighted by Crippen LogP contribution is -2.11. The van der Waals surface area contributed by atoms with Gasteiger partial charge < -0.3 is 33.5 Å². The number of hydrogen-bond acceptors (Lipinski definition) is 7. The Morgan fingerprint density at radius 3 is 1.77 bits per heavy atom. The molecule has 0 aliphatic heterocycles. The highest BCUT2D eigenvalue weighted by molar-refractivity contribution is 6.17. The number of carbonyl (C=O) groups is 1. The van der Waals surface area contributed by atoms with E-state index in [0.717, 1.165) is 0 Å². The molecule has 0 unspecified atom stereocenters. The average Bonchev–Trinajstić information content (AvgIpc) is 2.75. The predicted molar refractivity (Wildman–Crippen MR) is 112 cm³/mol. The Labute approximate surface area is 173 Å². The lowest BCUT2D eigenvalue weighted by Gasteiger charge is -2.22. The standard InChI is InChI=1S/C22H24O8/c1-11-17-12(9-15(27-4)20(11)30-10-16(23)24)21(28-5)18-13(25-2)7-8-14(26-3)19(18)22(17)29-6/h7-9H,10H2,1-6H3,(H,23,24). The maximum Gasteiger partial charge on any atom is 0.341 e. The van der Waals surface area contributed by atoms with Crippen LogP contribution in [0, 0.1) is 6.92 Å². The van der Waals surface area contributed by atoms with Crippen molar-refractivity contribution in [3.05, 3.63) is 23.8 Å². The van der Waals surface area contributed by atoms with Crippen LogP contribution < -0.4 is 28.4 Å². The van der Waals surface area contributed by atoms with Gasteiger partial charge in [-0.1, -0.05) is 0 Å². The first-order valence-electron chi connectivity index (χ1n) is 9.07. The second-order valence-electron chi connectivity index (χ2n) is 6.42. The van der Waals surface area contributed by atoms with Gasteiger partial charge in [-0.3, -0.25) is 0 Å². The van der Waals surface area contributed by atoms with Crippen LogP contribution in [0.25, 0.3) is 21.5 Å². The van der Waals surface area contributed by atoms with Crippen LogP contribution >= 0.6 is 0 Å². The van der Waals surface area contributed by atoms with E-state index >= 15 is 0 Å². The van der Waals surface area contributed by atoms with E-state index in [4.69, 9.17) is 33.5 Å². The Bertz CT molecular complexity index is 1120. The van der Waals surface area contributed by atoms with Crippen molar-refractivity contribution in [1.82, 2.24) is 0 Å². The fourth-order valence-corrected chi connectivity index (χ4v) is 3.74. The third-order valence-electron chi connectivity index (χ3n) is 4.95. The number of hydrogen-bond donors (Lipinski definition) is 1. The van der Waals surface area contributed by atoms with Gasteiger partial charge in [-0.15, -0.1) is 0 Å². The fourth-order valence-electron chi connectivity index (χ4n) is 3.74. The highest BCUT2D eigenvalue weighted by atomic mass is 16.5. The molecular weight excluding hydrogens is 392 g/mol. The topological polar surface area (TPSA) is 92.7 Å². The molecule has 3 aromatic rings. The molecule has 160 valence electrons. The molecule has 0 heterocycles. The summed E-state index contributed by atoms with van der Waals surface area (Å²) in [6, 6.07) is 5.32. The number of methoxy groups -OCH3 is 5. The van der Waals surface area contributed by atoms with E-state index in [1.54, 1.807) is 46.6 Å². The van der Waals surface area contributed by atoms with E-state index in [2.05, 4.69) is 0 Å². The molecule has 0 aliphatic rings. The van der Waals surface area contributed by atoms with E-state index < -0.39 is 12.6 Å². The van der Waals surface area contributed by atoms with Gasteiger partial charge in [0.05, 0.1) is 46.3 Å². The number of benzene rings is 3. The number of carboxylic acids is 1. The van der Waals surface area contributed by atoms with Crippen molar-refractivity contribution in [3.63, 3.8) is 0 Å². The zero-order chi connectivity index (χ0) is 22.0. The van der Waals surface area contributed by atoms with Crippen LogP contribution in [0.5, 0.6) is 34.5 Å². The molecule has 3 aromatic carbocycles. The number of carboxylic acid groups (broad SMARTS) is 1. The summed E-state index contributed by atoms with van der Waals surface area (Å²) in [4.78, 5) is 11.1. The summed E-state index contributed by atoms with van der Waals surface area (Å²) in [5.41, 5.74) is 0.646. The van der Waals surface area contributed by atoms with Gasteiger partial charge in [0, 0.05) is 16.3 Å². The molecular formula is C22H24O8. The summed E-state index contributed by atoms with van der Waals surface area (Å²) >= 11 is 0. The quantitative estimate of drug-likeness (QED) is 0.554. The van der Waals surface area contributed by atoms with Crippen LogP contribution in [0.15, 0.2) is 18.2 Å². The lowest BCUT2D eigenvalue weighted by atomic mass is 9.95. The molecule has 0 atom stereocenters. The molecule has 0 saturated carbocycles. The smallest absolute Gasteiger partial charge is 0.341 e. The molecule has 3 rings (SSSR count). The zero-order valence-corrected chi connectivity index (χ0v) is 17.7. The molecule has 1 N–H and O–H groups in total. The van der Waals surface area contributed by atoms with Crippen molar-refractivity contribution in [1.29, 1.82) is 0 Å². The number of aliphatic carboxylic acids is 1. The Hall–Kier alpha value is -3.55. The van der Waals surface area contributed by atoms with Crippen LogP contribution in [0.4, 0.5) is 0 Å². The molecule has 0 radical (unpaired) electrons. The minimum Gasteiger partial charge on any atom is -0.496 e. The SMILES string of the molecule is COc1cc2c(OC)c3c(OC)ccc(OC)c3c(OC)c2c(C)c1OCC(=O)O. The first-order valence-corrected chi connectivity index (χ1v) is 9.07. The molecule has 0 bridgehead atoms. The minimum atomic E-state index is -1.09.